The molecule has 0 atom stereocenters. The van der Waals surface area contributed by atoms with E-state index in [0.717, 1.165) is 97.5 Å². The van der Waals surface area contributed by atoms with Gasteiger partial charge in [-0.2, -0.15) is 5.10 Å². The lowest BCUT2D eigenvalue weighted by Gasteiger charge is -2.52. The van der Waals surface area contributed by atoms with Gasteiger partial charge in [0, 0.05) is 55.7 Å². The highest BCUT2D eigenvalue weighted by Gasteiger charge is 2.47. The van der Waals surface area contributed by atoms with E-state index in [1.165, 1.54) is 11.1 Å². The smallest absolute Gasteiger partial charge is 0.407 e. The fourth-order valence-electron chi connectivity index (χ4n) is 9.28. The van der Waals surface area contributed by atoms with E-state index >= 15 is 0 Å². The topological polar surface area (TPSA) is 127 Å². The summed E-state index contributed by atoms with van der Waals surface area (Å²) < 4.78 is 18.8. The molecule has 3 aliphatic rings. The number of carbonyl (C=O) groups is 2. The minimum absolute atomic E-state index is 0.0283. The average Bonchev–Trinajstić information content (AvgIpc) is 3.69. The van der Waals surface area contributed by atoms with Gasteiger partial charge in [-0.3, -0.25) is 9.69 Å². The van der Waals surface area contributed by atoms with Crippen LogP contribution < -0.4 is 19.7 Å². The highest BCUT2D eigenvalue weighted by atomic mass is 35.5. The molecule has 0 radical (unpaired) electrons. The summed E-state index contributed by atoms with van der Waals surface area (Å²) in [6.07, 6.45) is 9.10. The van der Waals surface area contributed by atoms with Crippen molar-refractivity contribution in [3.63, 3.8) is 0 Å². The van der Waals surface area contributed by atoms with Crippen molar-refractivity contribution in [3.05, 3.63) is 107 Å². The number of amides is 2. The Morgan fingerprint density at radius 2 is 1.64 bits per heavy atom. The number of hydrogen-bond donors (Lipinski definition) is 1. The predicted octanol–water partition coefficient (Wildman–Crippen LogP) is 6.84. The van der Waals surface area contributed by atoms with Gasteiger partial charge in [0.2, 0.25) is 5.91 Å². The molecule has 1 saturated heterocycles. The Balaban J connectivity index is 0.887. The van der Waals surface area contributed by atoms with E-state index in [1.807, 2.05) is 65.5 Å². The maximum atomic E-state index is 14.2. The Morgan fingerprint density at radius 1 is 0.898 bits per heavy atom. The monoisotopic (exact) mass is 820 g/mol. The molecular weight excluding hydrogens is 768 g/mol. The van der Waals surface area contributed by atoms with Gasteiger partial charge in [0.05, 0.1) is 32.3 Å². The van der Waals surface area contributed by atoms with Gasteiger partial charge in [-0.1, -0.05) is 60.1 Å². The fourth-order valence-corrected chi connectivity index (χ4v) is 9.48. The molecule has 8 rings (SSSR count). The number of rotatable bonds is 13. The number of aromatic nitrogens is 4. The molecule has 1 saturated carbocycles. The summed E-state index contributed by atoms with van der Waals surface area (Å²) in [6.45, 7) is 5.78. The van der Waals surface area contributed by atoms with Crippen molar-refractivity contribution < 1.29 is 23.8 Å². The molecule has 0 unspecified atom stereocenters. The number of methoxy groups -OCH3 is 2. The Bertz CT molecular complexity index is 2240. The lowest BCUT2D eigenvalue weighted by molar-refractivity contribution is -0.138. The maximum absolute atomic E-state index is 14.2. The van der Waals surface area contributed by atoms with Crippen molar-refractivity contribution in [2.24, 2.45) is 5.92 Å². The zero-order chi connectivity index (χ0) is 40.8. The van der Waals surface area contributed by atoms with Crippen molar-refractivity contribution >= 4 is 40.5 Å². The highest BCUT2D eigenvalue weighted by molar-refractivity contribution is 6.31. The molecule has 1 aliphatic carbocycles. The Morgan fingerprint density at radius 3 is 2.41 bits per heavy atom. The van der Waals surface area contributed by atoms with Gasteiger partial charge in [-0.15, -0.1) is 0 Å². The molecule has 2 amide bonds. The molecule has 5 aromatic rings. The van der Waals surface area contributed by atoms with E-state index in [4.69, 9.17) is 25.8 Å². The van der Waals surface area contributed by atoms with Crippen molar-refractivity contribution in [3.8, 4) is 11.5 Å². The van der Waals surface area contributed by atoms with Crippen LogP contribution in [0.5, 0.6) is 11.5 Å². The first-order valence-corrected chi connectivity index (χ1v) is 21.1. The Labute approximate surface area is 350 Å². The highest BCUT2D eigenvalue weighted by Crippen LogP contribution is 2.50. The summed E-state index contributed by atoms with van der Waals surface area (Å²) in [4.78, 5) is 42.7. The van der Waals surface area contributed by atoms with Crippen LogP contribution in [0.2, 0.25) is 5.02 Å². The summed E-state index contributed by atoms with van der Waals surface area (Å²) >= 11 is 6.44. The van der Waals surface area contributed by atoms with Crippen LogP contribution in [0.3, 0.4) is 0 Å². The quantitative estimate of drug-likeness (QED) is 0.126. The van der Waals surface area contributed by atoms with Gasteiger partial charge in [0.25, 0.3) is 0 Å². The maximum Gasteiger partial charge on any atom is 0.407 e. The SMILES string of the molecule is COc1cc2c(cc1OC)C1(CCC(C(=O)N3CCN(c4ncnc5c4cnn5Cc4ccccc4Cl)CC3)CC1)N(CCCCNC(=O)OCc1ccccc1)CC2. The normalized spacial score (nSPS) is 19.4. The number of halogens is 1. The molecule has 2 fully saturated rings. The molecule has 2 aromatic heterocycles. The number of alkyl carbamates (subject to hydrolysis) is 1. The molecule has 59 heavy (non-hydrogen) atoms. The van der Waals surface area contributed by atoms with Crippen LogP contribution in [0.1, 0.15) is 60.8 Å². The minimum atomic E-state index is -0.397. The second-order valence-corrected chi connectivity index (χ2v) is 16.2. The summed E-state index contributed by atoms with van der Waals surface area (Å²) in [6, 6.07) is 21.8. The molecule has 2 aliphatic heterocycles. The number of carbonyl (C=O) groups excluding carboxylic acids is 2. The van der Waals surface area contributed by atoms with Crippen LogP contribution in [0.25, 0.3) is 11.0 Å². The van der Waals surface area contributed by atoms with Gasteiger partial charge < -0.3 is 29.3 Å². The summed E-state index contributed by atoms with van der Waals surface area (Å²) in [5, 5.41) is 9.14. The Kier molecular flexibility index (Phi) is 12.5. The molecule has 4 heterocycles. The number of ether oxygens (including phenoxy) is 3. The number of fused-ring (bicyclic) bond motifs is 3. The summed E-state index contributed by atoms with van der Waals surface area (Å²) in [5.74, 6) is 2.54. The molecule has 1 N–H and O–H groups in total. The third-order valence-electron chi connectivity index (χ3n) is 12.4. The van der Waals surface area contributed by atoms with Crippen molar-refractivity contribution in [1.29, 1.82) is 0 Å². The van der Waals surface area contributed by atoms with Gasteiger partial charge in [-0.05, 0) is 91.9 Å². The molecule has 0 bridgehead atoms. The van der Waals surface area contributed by atoms with Gasteiger partial charge in [0.1, 0.15) is 18.8 Å². The standard InChI is InChI=1S/C45H53ClN8O5/c1-57-39-26-34-16-21-53(20-9-8-19-47-44(56)59-30-32-10-4-3-5-11-32)45(37(34)27-40(39)58-2)17-14-33(15-18-45)43(55)52-24-22-51(23-25-52)41-36-28-50-54(42(36)49-31-48-41)29-35-12-6-7-13-38(35)46/h3-7,10-13,26-28,31,33H,8-9,14-25,29-30H2,1-2H3,(H,47,56). The largest absolute Gasteiger partial charge is 0.493 e. The van der Waals surface area contributed by atoms with Crippen molar-refractivity contribution in [2.75, 3.05) is 64.9 Å². The zero-order valence-electron chi connectivity index (χ0n) is 33.9. The van der Waals surface area contributed by atoms with Crippen molar-refractivity contribution in [1.82, 2.24) is 34.9 Å². The molecule has 13 nitrogen and oxygen atoms in total. The third-order valence-corrected chi connectivity index (χ3v) is 12.8. The van der Waals surface area contributed by atoms with E-state index in [-0.39, 0.29) is 24.0 Å². The molecule has 310 valence electrons. The van der Waals surface area contributed by atoms with E-state index in [0.29, 0.717) is 44.3 Å². The van der Waals surface area contributed by atoms with Gasteiger partial charge in [-0.25, -0.2) is 19.4 Å². The van der Waals surface area contributed by atoms with Gasteiger partial charge in [0.15, 0.2) is 17.1 Å². The molecular formula is C45H53ClN8O5. The van der Waals surface area contributed by atoms with E-state index in [9.17, 15) is 9.59 Å². The van der Waals surface area contributed by atoms with E-state index in [2.05, 4.69) is 47.2 Å². The van der Waals surface area contributed by atoms with Crippen LogP contribution in [0.15, 0.2) is 79.3 Å². The number of benzene rings is 3. The summed E-state index contributed by atoms with van der Waals surface area (Å²) in [5.41, 5.74) is 5.06. The lowest BCUT2D eigenvalue weighted by Crippen LogP contribution is -2.55. The van der Waals surface area contributed by atoms with Crippen LogP contribution in [-0.4, -0.2) is 102 Å². The lowest BCUT2D eigenvalue weighted by atomic mass is 9.68. The van der Waals surface area contributed by atoms with Crippen LogP contribution in [-0.2, 0) is 34.6 Å². The number of nitrogens with one attached hydrogen (secondary N) is 1. The number of unbranched alkanes of at least 4 members (excludes halogenated alkanes) is 1. The first-order valence-electron chi connectivity index (χ1n) is 20.8. The van der Waals surface area contributed by atoms with Crippen LogP contribution >= 0.6 is 11.6 Å². The van der Waals surface area contributed by atoms with E-state index < -0.39 is 6.09 Å². The molecule has 1 spiro atoms. The number of piperazine rings is 1. The third kappa shape index (κ3) is 8.67. The number of nitrogens with zero attached hydrogens (tertiary/aromatic N) is 7. The summed E-state index contributed by atoms with van der Waals surface area (Å²) in [7, 11) is 3.37. The van der Waals surface area contributed by atoms with Crippen LogP contribution in [0.4, 0.5) is 10.6 Å². The van der Waals surface area contributed by atoms with E-state index in [1.54, 1.807) is 20.5 Å². The van der Waals surface area contributed by atoms with Gasteiger partial charge >= 0.3 is 6.09 Å². The Hall–Kier alpha value is -5.40. The first kappa shape index (κ1) is 40.4. The first-order chi connectivity index (χ1) is 28.9. The molecule has 14 heteroatoms. The fraction of sp³-hybridized carbons (Fsp3) is 0.444. The predicted molar refractivity (Wildman–Crippen MR) is 227 cm³/mol. The average molecular weight is 821 g/mol. The number of hydrogen-bond acceptors (Lipinski definition) is 10. The van der Waals surface area contributed by atoms with Crippen LogP contribution in [0, 0.1) is 5.92 Å². The second-order valence-electron chi connectivity index (χ2n) is 15.7. The number of anilines is 1. The second kappa shape index (κ2) is 18.3. The minimum Gasteiger partial charge on any atom is -0.493 e. The zero-order valence-corrected chi connectivity index (χ0v) is 34.7. The molecule has 3 aromatic carbocycles. The van der Waals surface area contributed by atoms with Crippen molar-refractivity contribution in [2.45, 2.75) is 63.6 Å².